The van der Waals surface area contributed by atoms with Crippen LogP contribution in [0.3, 0.4) is 0 Å². The monoisotopic (exact) mass is 309 g/mol. The Morgan fingerprint density at radius 3 is 2.86 bits per heavy atom. The molecule has 2 aliphatic carbocycles. The molecule has 2 N–H and O–H groups in total. The summed E-state index contributed by atoms with van der Waals surface area (Å²) in [5.74, 6) is -0.461. The lowest BCUT2D eigenvalue weighted by Gasteiger charge is -2.16. The third kappa shape index (κ3) is 2.38. The van der Waals surface area contributed by atoms with E-state index in [4.69, 9.17) is 19.9 Å². The maximum absolute atomic E-state index is 11.7. The molecule has 22 heavy (non-hydrogen) atoms. The number of aromatic nitrogens is 2. The van der Waals surface area contributed by atoms with Crippen molar-refractivity contribution in [3.63, 3.8) is 0 Å². The lowest BCUT2D eigenvalue weighted by atomic mass is 10.1. The third-order valence-corrected chi connectivity index (χ3v) is 4.08. The van der Waals surface area contributed by atoms with Gasteiger partial charge in [0.1, 0.15) is 19.4 Å². The second kappa shape index (κ2) is 5.69. The van der Waals surface area contributed by atoms with Gasteiger partial charge in [-0.05, 0) is 25.2 Å². The molecule has 1 aromatic heterocycles. The number of nitrogens with zero attached hydrogens (tertiary/aromatic N) is 2. The Hall–Kier alpha value is -1.93. The van der Waals surface area contributed by atoms with Crippen LogP contribution in [0.25, 0.3) is 0 Å². The van der Waals surface area contributed by atoms with Gasteiger partial charge in [-0.15, -0.1) is 0 Å². The summed E-state index contributed by atoms with van der Waals surface area (Å²) in [4.78, 5) is 23.4. The number of primary amides is 1. The molecule has 3 rings (SSSR count). The van der Waals surface area contributed by atoms with Crippen molar-refractivity contribution in [1.82, 2.24) is 9.78 Å². The molecular weight excluding hydrogens is 290 g/mol. The van der Waals surface area contributed by atoms with E-state index < -0.39 is 11.9 Å². The molecule has 0 spiro atoms. The van der Waals surface area contributed by atoms with Crippen LogP contribution in [0.1, 0.15) is 47.1 Å². The van der Waals surface area contributed by atoms with Crippen LogP contribution in [-0.2, 0) is 25.5 Å². The van der Waals surface area contributed by atoms with E-state index in [1.54, 1.807) is 14.0 Å². The maximum atomic E-state index is 11.7. The minimum absolute atomic E-state index is 0.0598. The molecule has 1 aromatic rings. The summed E-state index contributed by atoms with van der Waals surface area (Å²) in [6.07, 6.45) is 0.710. The molecule has 0 bridgehead atoms. The summed E-state index contributed by atoms with van der Waals surface area (Å²) < 4.78 is 17.1. The summed E-state index contributed by atoms with van der Waals surface area (Å²) in [5.41, 5.74) is 7.22. The fourth-order valence-corrected chi connectivity index (χ4v) is 3.21. The molecule has 1 heterocycles. The number of amides is 1. The van der Waals surface area contributed by atoms with E-state index in [0.717, 1.165) is 17.7 Å². The molecule has 120 valence electrons. The lowest BCUT2D eigenvalue weighted by molar-refractivity contribution is -0.144. The average molecular weight is 309 g/mol. The van der Waals surface area contributed by atoms with E-state index in [0.29, 0.717) is 12.5 Å². The topological polar surface area (TPSA) is 106 Å². The van der Waals surface area contributed by atoms with Crippen molar-refractivity contribution in [3.05, 3.63) is 17.0 Å². The Balaban J connectivity index is 1.94. The average Bonchev–Trinajstić information content (AvgIpc) is 3.06. The van der Waals surface area contributed by atoms with Crippen molar-refractivity contribution in [1.29, 1.82) is 0 Å². The first kappa shape index (κ1) is 15.0. The number of esters is 1. The Labute approximate surface area is 127 Å². The molecule has 3 atom stereocenters. The Bertz CT molecular complexity index is 612. The highest BCUT2D eigenvalue weighted by Crippen LogP contribution is 2.63. The van der Waals surface area contributed by atoms with E-state index in [2.05, 4.69) is 5.10 Å². The van der Waals surface area contributed by atoms with E-state index in [1.165, 1.54) is 4.68 Å². The van der Waals surface area contributed by atoms with Gasteiger partial charge in [0.25, 0.3) is 5.91 Å². The summed E-state index contributed by atoms with van der Waals surface area (Å²) in [6.45, 7) is 2.11. The first-order valence-corrected chi connectivity index (χ1v) is 7.25. The zero-order chi connectivity index (χ0) is 15.9. The van der Waals surface area contributed by atoms with Gasteiger partial charge < -0.3 is 19.9 Å². The molecule has 1 amide bonds. The van der Waals surface area contributed by atoms with Crippen molar-refractivity contribution in [2.75, 3.05) is 20.5 Å². The van der Waals surface area contributed by atoms with E-state index in [1.807, 2.05) is 0 Å². The number of hydrogen-bond donors (Lipinski definition) is 1. The molecule has 1 unspecified atom stereocenters. The van der Waals surface area contributed by atoms with E-state index in [-0.39, 0.29) is 31.1 Å². The zero-order valence-electron chi connectivity index (χ0n) is 12.6. The first-order valence-electron chi connectivity index (χ1n) is 7.25. The lowest BCUT2D eigenvalue weighted by Crippen LogP contribution is -2.20. The standard InChI is InChI=1S/C14H19N3O5/c1-3-21-9(18)5-17-12-10(11(16-17)14(15)19)7-4-8(7)13(12)22-6-20-2/h7-8,13H,3-6H2,1-2H3,(H2,15,19)/t7-,8+,13?/m0/s1. The summed E-state index contributed by atoms with van der Waals surface area (Å²) in [6, 6.07) is 0. The number of rotatable bonds is 7. The highest BCUT2D eigenvalue weighted by molar-refractivity contribution is 5.93. The summed E-state index contributed by atoms with van der Waals surface area (Å²) in [7, 11) is 1.55. The van der Waals surface area contributed by atoms with Gasteiger partial charge in [0.15, 0.2) is 5.69 Å². The molecule has 1 saturated carbocycles. The van der Waals surface area contributed by atoms with Crippen LogP contribution >= 0.6 is 0 Å². The van der Waals surface area contributed by atoms with Crippen LogP contribution in [0.5, 0.6) is 0 Å². The maximum Gasteiger partial charge on any atom is 0.327 e. The number of carbonyl (C=O) groups excluding carboxylic acids is 2. The minimum Gasteiger partial charge on any atom is -0.465 e. The molecule has 2 aliphatic rings. The van der Waals surface area contributed by atoms with Gasteiger partial charge in [0.05, 0.1) is 12.3 Å². The van der Waals surface area contributed by atoms with Crippen molar-refractivity contribution in [2.45, 2.75) is 31.9 Å². The normalized spacial score (nSPS) is 24.7. The van der Waals surface area contributed by atoms with Gasteiger partial charge in [0.2, 0.25) is 0 Å². The fraction of sp³-hybridized carbons (Fsp3) is 0.643. The smallest absolute Gasteiger partial charge is 0.327 e. The Morgan fingerprint density at radius 2 is 2.23 bits per heavy atom. The first-order chi connectivity index (χ1) is 10.6. The molecule has 8 heteroatoms. The third-order valence-electron chi connectivity index (χ3n) is 4.08. The van der Waals surface area contributed by atoms with Crippen LogP contribution in [0.2, 0.25) is 0 Å². The molecule has 1 fully saturated rings. The molecule has 0 saturated heterocycles. The van der Waals surface area contributed by atoms with Crippen molar-refractivity contribution in [3.8, 4) is 0 Å². The summed E-state index contributed by atoms with van der Waals surface area (Å²) in [5, 5.41) is 4.21. The van der Waals surface area contributed by atoms with Gasteiger partial charge in [-0.25, -0.2) is 0 Å². The number of nitrogens with two attached hydrogens (primary N) is 1. The summed E-state index contributed by atoms with van der Waals surface area (Å²) >= 11 is 0. The van der Waals surface area contributed by atoms with Gasteiger partial charge in [-0.3, -0.25) is 14.3 Å². The predicted octanol–water partition coefficient (Wildman–Crippen LogP) is 0.324. The van der Waals surface area contributed by atoms with Crippen LogP contribution in [0.15, 0.2) is 0 Å². The van der Waals surface area contributed by atoms with Crippen LogP contribution in [0, 0.1) is 5.92 Å². The molecular formula is C14H19N3O5. The molecule has 0 radical (unpaired) electrons. The second-order valence-electron chi connectivity index (χ2n) is 5.47. The number of hydrogen-bond acceptors (Lipinski definition) is 6. The molecule has 8 nitrogen and oxygen atoms in total. The predicted molar refractivity (Wildman–Crippen MR) is 73.9 cm³/mol. The number of methoxy groups -OCH3 is 1. The highest BCUT2D eigenvalue weighted by atomic mass is 16.7. The van der Waals surface area contributed by atoms with Gasteiger partial charge in [-0.1, -0.05) is 0 Å². The highest BCUT2D eigenvalue weighted by Gasteiger charge is 2.57. The SMILES string of the molecule is CCOC(=O)Cn1nc(C(N)=O)c2c1C(OCOC)[C@@H]1C[C@H]21. The van der Waals surface area contributed by atoms with Crippen molar-refractivity contribution < 1.29 is 23.8 Å². The van der Waals surface area contributed by atoms with Gasteiger partial charge >= 0.3 is 5.97 Å². The minimum atomic E-state index is -0.586. The number of ether oxygens (including phenoxy) is 3. The molecule has 0 aliphatic heterocycles. The van der Waals surface area contributed by atoms with E-state index >= 15 is 0 Å². The number of carbonyl (C=O) groups is 2. The number of fused-ring (bicyclic) bond motifs is 3. The van der Waals surface area contributed by atoms with Crippen LogP contribution in [-0.4, -0.2) is 42.2 Å². The van der Waals surface area contributed by atoms with Gasteiger partial charge in [0, 0.05) is 12.7 Å². The largest absolute Gasteiger partial charge is 0.465 e. The Kier molecular flexibility index (Phi) is 3.88. The van der Waals surface area contributed by atoms with Crippen LogP contribution in [0.4, 0.5) is 0 Å². The van der Waals surface area contributed by atoms with Crippen LogP contribution < -0.4 is 5.73 Å². The zero-order valence-corrected chi connectivity index (χ0v) is 12.6. The fourth-order valence-electron chi connectivity index (χ4n) is 3.21. The molecule has 0 aromatic carbocycles. The van der Waals surface area contributed by atoms with Gasteiger partial charge in [-0.2, -0.15) is 5.10 Å². The second-order valence-corrected chi connectivity index (χ2v) is 5.47. The van der Waals surface area contributed by atoms with Crippen molar-refractivity contribution >= 4 is 11.9 Å². The Morgan fingerprint density at radius 1 is 1.45 bits per heavy atom. The van der Waals surface area contributed by atoms with E-state index in [9.17, 15) is 9.59 Å². The van der Waals surface area contributed by atoms with Crippen molar-refractivity contribution in [2.24, 2.45) is 11.7 Å². The quantitative estimate of drug-likeness (QED) is 0.574.